The van der Waals surface area contributed by atoms with E-state index in [1.165, 1.54) is 6.07 Å². The van der Waals surface area contributed by atoms with Gasteiger partial charge in [-0.1, -0.05) is 0 Å². The standard InChI is InChI=1S/C9H6ClF3O2/c10-4-7-3-8(15-9(11,12)13)2-1-6(7)5-14/h1-3,5H,4H2. The highest BCUT2D eigenvalue weighted by molar-refractivity contribution is 6.17. The van der Waals surface area contributed by atoms with Gasteiger partial charge in [0.15, 0.2) is 0 Å². The molecule has 0 saturated carbocycles. The van der Waals surface area contributed by atoms with Gasteiger partial charge in [-0.25, -0.2) is 0 Å². The van der Waals surface area contributed by atoms with Crippen molar-refractivity contribution in [2.75, 3.05) is 0 Å². The summed E-state index contributed by atoms with van der Waals surface area (Å²) in [6.07, 6.45) is -4.22. The van der Waals surface area contributed by atoms with Gasteiger partial charge in [0.2, 0.25) is 0 Å². The lowest BCUT2D eigenvalue weighted by Crippen LogP contribution is -2.17. The monoisotopic (exact) mass is 238 g/mol. The summed E-state index contributed by atoms with van der Waals surface area (Å²) in [5, 5.41) is 0. The molecule has 0 fully saturated rings. The molecule has 1 aromatic rings. The Hall–Kier alpha value is -1.23. The maximum Gasteiger partial charge on any atom is 0.573 e. The van der Waals surface area contributed by atoms with Gasteiger partial charge in [0.25, 0.3) is 0 Å². The molecule has 0 N–H and O–H groups in total. The smallest absolute Gasteiger partial charge is 0.406 e. The van der Waals surface area contributed by atoms with Crippen LogP contribution >= 0.6 is 11.6 Å². The average Bonchev–Trinajstić information content (AvgIpc) is 2.15. The third kappa shape index (κ3) is 3.43. The number of hydrogen-bond acceptors (Lipinski definition) is 2. The zero-order valence-electron chi connectivity index (χ0n) is 7.34. The van der Waals surface area contributed by atoms with Gasteiger partial charge in [0, 0.05) is 11.4 Å². The first-order valence-electron chi connectivity index (χ1n) is 3.86. The minimum Gasteiger partial charge on any atom is -0.406 e. The molecule has 2 nitrogen and oxygen atoms in total. The Morgan fingerprint density at radius 3 is 2.53 bits per heavy atom. The predicted octanol–water partition coefficient (Wildman–Crippen LogP) is 3.14. The SMILES string of the molecule is O=Cc1ccc(OC(F)(F)F)cc1CCl. The summed E-state index contributed by atoms with van der Waals surface area (Å²) in [5.41, 5.74) is 0.549. The van der Waals surface area contributed by atoms with E-state index in [0.717, 1.165) is 12.1 Å². The van der Waals surface area contributed by atoms with Crippen molar-refractivity contribution in [1.82, 2.24) is 0 Å². The van der Waals surface area contributed by atoms with Crippen LogP contribution in [0.5, 0.6) is 5.75 Å². The van der Waals surface area contributed by atoms with Gasteiger partial charge in [0.1, 0.15) is 12.0 Å². The van der Waals surface area contributed by atoms with Crippen molar-refractivity contribution >= 4 is 17.9 Å². The van der Waals surface area contributed by atoms with Crippen LogP contribution in [-0.4, -0.2) is 12.6 Å². The van der Waals surface area contributed by atoms with Gasteiger partial charge in [-0.15, -0.1) is 24.8 Å². The van der Waals surface area contributed by atoms with Crippen molar-refractivity contribution in [2.45, 2.75) is 12.2 Å². The van der Waals surface area contributed by atoms with Crippen LogP contribution in [0.15, 0.2) is 18.2 Å². The van der Waals surface area contributed by atoms with Crippen LogP contribution < -0.4 is 4.74 Å². The first-order chi connectivity index (χ1) is 6.96. The molecule has 0 bridgehead atoms. The molecule has 0 amide bonds. The summed E-state index contributed by atoms with van der Waals surface area (Å²) in [6, 6.07) is 3.38. The predicted molar refractivity (Wildman–Crippen MR) is 48.1 cm³/mol. The Morgan fingerprint density at radius 2 is 2.07 bits per heavy atom. The number of carbonyl (C=O) groups is 1. The van der Waals surface area contributed by atoms with Gasteiger partial charge in [-0.05, 0) is 23.8 Å². The van der Waals surface area contributed by atoms with E-state index in [4.69, 9.17) is 11.6 Å². The van der Waals surface area contributed by atoms with Crippen LogP contribution in [0.1, 0.15) is 15.9 Å². The van der Waals surface area contributed by atoms with E-state index in [2.05, 4.69) is 4.74 Å². The molecule has 0 heterocycles. The summed E-state index contributed by atoms with van der Waals surface area (Å²) in [4.78, 5) is 10.5. The molecule has 15 heavy (non-hydrogen) atoms. The Balaban J connectivity index is 2.98. The lowest BCUT2D eigenvalue weighted by Gasteiger charge is -2.10. The van der Waals surface area contributed by atoms with Gasteiger partial charge in [-0.2, -0.15) is 0 Å². The zero-order chi connectivity index (χ0) is 11.5. The van der Waals surface area contributed by atoms with Crippen LogP contribution in [-0.2, 0) is 5.88 Å². The summed E-state index contributed by atoms with van der Waals surface area (Å²) in [7, 11) is 0. The topological polar surface area (TPSA) is 26.3 Å². The molecule has 0 saturated heterocycles. The molecule has 0 aliphatic rings. The third-order valence-corrected chi connectivity index (χ3v) is 1.91. The molecule has 0 radical (unpaired) electrons. The number of benzene rings is 1. The minimum absolute atomic E-state index is 0.0524. The molecule has 0 aliphatic carbocycles. The first kappa shape index (κ1) is 11.8. The number of alkyl halides is 4. The van der Waals surface area contributed by atoms with E-state index in [0.29, 0.717) is 11.8 Å². The van der Waals surface area contributed by atoms with Gasteiger partial charge < -0.3 is 4.74 Å². The van der Waals surface area contributed by atoms with E-state index >= 15 is 0 Å². The van der Waals surface area contributed by atoms with E-state index in [1.807, 2.05) is 0 Å². The van der Waals surface area contributed by atoms with Gasteiger partial charge in [0.05, 0.1) is 0 Å². The summed E-state index contributed by atoms with van der Waals surface area (Å²) < 4.78 is 39.2. The van der Waals surface area contributed by atoms with Crippen LogP contribution in [0.2, 0.25) is 0 Å². The van der Waals surface area contributed by atoms with Crippen molar-refractivity contribution in [3.05, 3.63) is 29.3 Å². The summed E-state index contributed by atoms with van der Waals surface area (Å²) >= 11 is 5.46. The zero-order valence-corrected chi connectivity index (χ0v) is 8.10. The van der Waals surface area contributed by atoms with Crippen molar-refractivity contribution in [3.63, 3.8) is 0 Å². The van der Waals surface area contributed by atoms with Crippen molar-refractivity contribution in [3.8, 4) is 5.75 Å². The molecule has 0 aromatic heterocycles. The van der Waals surface area contributed by atoms with Gasteiger partial charge >= 0.3 is 6.36 Å². The molecule has 0 atom stereocenters. The Kier molecular flexibility index (Phi) is 3.57. The van der Waals surface area contributed by atoms with Crippen LogP contribution in [0, 0.1) is 0 Å². The number of ether oxygens (including phenoxy) is 1. The highest BCUT2D eigenvalue weighted by Crippen LogP contribution is 2.25. The molecule has 82 valence electrons. The quantitative estimate of drug-likeness (QED) is 0.597. The maximum atomic E-state index is 11.8. The normalized spacial score (nSPS) is 11.2. The number of halogens is 4. The fourth-order valence-electron chi connectivity index (χ4n) is 1.01. The highest BCUT2D eigenvalue weighted by Gasteiger charge is 2.31. The first-order valence-corrected chi connectivity index (χ1v) is 4.39. The lowest BCUT2D eigenvalue weighted by molar-refractivity contribution is -0.274. The number of carbonyl (C=O) groups excluding carboxylic acids is 1. The van der Waals surface area contributed by atoms with Crippen molar-refractivity contribution in [1.29, 1.82) is 0 Å². The molecule has 0 unspecified atom stereocenters. The molecule has 0 aliphatic heterocycles. The Morgan fingerprint density at radius 1 is 1.40 bits per heavy atom. The summed E-state index contributed by atoms with van der Waals surface area (Å²) in [5.74, 6) is -0.438. The molecule has 6 heteroatoms. The number of aldehydes is 1. The number of hydrogen-bond donors (Lipinski definition) is 0. The molecule has 1 rings (SSSR count). The van der Waals surface area contributed by atoms with E-state index < -0.39 is 6.36 Å². The third-order valence-electron chi connectivity index (χ3n) is 1.62. The van der Waals surface area contributed by atoms with Gasteiger partial charge in [-0.3, -0.25) is 4.79 Å². The fourth-order valence-corrected chi connectivity index (χ4v) is 1.24. The Labute approximate surface area is 88.6 Å². The fraction of sp³-hybridized carbons (Fsp3) is 0.222. The second-order valence-corrected chi connectivity index (χ2v) is 2.93. The van der Waals surface area contributed by atoms with E-state index in [9.17, 15) is 18.0 Å². The Bertz CT molecular complexity index is 363. The van der Waals surface area contributed by atoms with Crippen molar-refractivity contribution < 1.29 is 22.7 Å². The molecular weight excluding hydrogens is 233 g/mol. The second kappa shape index (κ2) is 4.53. The second-order valence-electron chi connectivity index (χ2n) is 2.66. The minimum atomic E-state index is -4.74. The number of rotatable bonds is 3. The average molecular weight is 239 g/mol. The van der Waals surface area contributed by atoms with Crippen LogP contribution in [0.4, 0.5) is 13.2 Å². The van der Waals surface area contributed by atoms with Crippen LogP contribution in [0.25, 0.3) is 0 Å². The lowest BCUT2D eigenvalue weighted by atomic mass is 10.1. The highest BCUT2D eigenvalue weighted by atomic mass is 35.5. The largest absolute Gasteiger partial charge is 0.573 e. The van der Waals surface area contributed by atoms with Crippen molar-refractivity contribution in [2.24, 2.45) is 0 Å². The van der Waals surface area contributed by atoms with E-state index in [1.54, 1.807) is 0 Å². The van der Waals surface area contributed by atoms with Crippen LogP contribution in [0.3, 0.4) is 0 Å². The molecular formula is C9H6ClF3O2. The molecule has 0 spiro atoms. The van der Waals surface area contributed by atoms with E-state index in [-0.39, 0.29) is 17.2 Å². The molecule has 1 aromatic carbocycles. The summed E-state index contributed by atoms with van der Waals surface area (Å²) in [6.45, 7) is 0. The maximum absolute atomic E-state index is 11.8.